The summed E-state index contributed by atoms with van der Waals surface area (Å²) < 4.78 is 11.2. The summed E-state index contributed by atoms with van der Waals surface area (Å²) in [6, 6.07) is 7.99. The minimum atomic E-state index is 0.629. The molecule has 0 spiro atoms. The second-order valence-corrected chi connectivity index (χ2v) is 5.19. The van der Waals surface area contributed by atoms with Crippen molar-refractivity contribution in [2.24, 2.45) is 0 Å². The van der Waals surface area contributed by atoms with E-state index in [-0.39, 0.29) is 0 Å². The van der Waals surface area contributed by atoms with Crippen LogP contribution in [0.15, 0.2) is 30.5 Å². The molecular weight excluding hydrogens is 278 g/mol. The first-order valence-electron chi connectivity index (χ1n) is 7.68. The molecule has 0 atom stereocenters. The average Bonchev–Trinajstić information content (AvgIpc) is 2.57. The SMILES string of the molecule is CCOc1ccc(-c2cccnc2C)nc1N1CCOCC1. The van der Waals surface area contributed by atoms with Gasteiger partial charge in [0.2, 0.25) is 0 Å². The summed E-state index contributed by atoms with van der Waals surface area (Å²) >= 11 is 0. The number of hydrogen-bond donors (Lipinski definition) is 0. The number of nitrogens with zero attached hydrogens (tertiary/aromatic N) is 3. The molecular formula is C17H21N3O2. The Morgan fingerprint density at radius 3 is 2.77 bits per heavy atom. The quantitative estimate of drug-likeness (QED) is 0.868. The molecule has 1 aliphatic rings. The fourth-order valence-corrected chi connectivity index (χ4v) is 2.61. The maximum Gasteiger partial charge on any atom is 0.172 e. The van der Waals surface area contributed by atoms with Crippen LogP contribution < -0.4 is 9.64 Å². The van der Waals surface area contributed by atoms with E-state index >= 15 is 0 Å². The van der Waals surface area contributed by atoms with Crippen molar-refractivity contribution in [1.82, 2.24) is 9.97 Å². The standard InChI is InChI=1S/C17H21N3O2/c1-3-22-16-7-6-15(14-5-4-8-18-13(14)2)19-17(16)20-9-11-21-12-10-20/h4-8H,3,9-12H2,1-2H3. The van der Waals surface area contributed by atoms with E-state index < -0.39 is 0 Å². The van der Waals surface area contributed by atoms with Gasteiger partial charge in [0.1, 0.15) is 0 Å². The van der Waals surface area contributed by atoms with Crippen LogP contribution in [0.4, 0.5) is 5.82 Å². The number of aryl methyl sites for hydroxylation is 1. The van der Waals surface area contributed by atoms with Crippen molar-refractivity contribution in [3.8, 4) is 17.0 Å². The third kappa shape index (κ3) is 3.04. The topological polar surface area (TPSA) is 47.5 Å². The fraction of sp³-hybridized carbons (Fsp3) is 0.412. The second kappa shape index (κ2) is 6.75. The first-order chi connectivity index (χ1) is 10.8. The van der Waals surface area contributed by atoms with E-state index in [1.807, 2.05) is 38.1 Å². The first kappa shape index (κ1) is 14.8. The van der Waals surface area contributed by atoms with Gasteiger partial charge in [-0.25, -0.2) is 4.98 Å². The normalized spacial score (nSPS) is 14.9. The van der Waals surface area contributed by atoms with E-state index in [9.17, 15) is 0 Å². The Kier molecular flexibility index (Phi) is 4.53. The summed E-state index contributed by atoms with van der Waals surface area (Å²) in [5, 5.41) is 0. The molecule has 0 bridgehead atoms. The second-order valence-electron chi connectivity index (χ2n) is 5.19. The highest BCUT2D eigenvalue weighted by Crippen LogP contribution is 2.31. The zero-order chi connectivity index (χ0) is 15.4. The molecule has 2 aromatic heterocycles. The molecule has 1 fully saturated rings. The number of pyridine rings is 2. The molecule has 0 radical (unpaired) electrons. The van der Waals surface area contributed by atoms with E-state index in [2.05, 4.69) is 9.88 Å². The molecule has 2 aromatic rings. The number of aromatic nitrogens is 2. The molecule has 0 unspecified atom stereocenters. The van der Waals surface area contributed by atoms with E-state index in [4.69, 9.17) is 14.5 Å². The van der Waals surface area contributed by atoms with Crippen LogP contribution in [-0.2, 0) is 4.74 Å². The lowest BCUT2D eigenvalue weighted by atomic mass is 10.1. The Hall–Kier alpha value is -2.14. The Morgan fingerprint density at radius 1 is 1.23 bits per heavy atom. The lowest BCUT2D eigenvalue weighted by molar-refractivity contribution is 0.122. The predicted octanol–water partition coefficient (Wildman–Crippen LogP) is 2.69. The Labute approximate surface area is 130 Å². The van der Waals surface area contributed by atoms with Crippen molar-refractivity contribution in [2.45, 2.75) is 13.8 Å². The van der Waals surface area contributed by atoms with Crippen LogP contribution in [0.5, 0.6) is 5.75 Å². The van der Waals surface area contributed by atoms with Gasteiger partial charge < -0.3 is 14.4 Å². The number of morpholine rings is 1. The summed E-state index contributed by atoms with van der Waals surface area (Å²) in [6.07, 6.45) is 1.80. The van der Waals surface area contributed by atoms with Crippen LogP contribution in [0.25, 0.3) is 11.3 Å². The molecule has 0 aliphatic carbocycles. The van der Waals surface area contributed by atoms with E-state index in [0.29, 0.717) is 6.61 Å². The average molecular weight is 299 g/mol. The zero-order valence-corrected chi connectivity index (χ0v) is 13.1. The summed E-state index contributed by atoms with van der Waals surface area (Å²) in [5.41, 5.74) is 2.96. The fourth-order valence-electron chi connectivity index (χ4n) is 2.61. The van der Waals surface area contributed by atoms with Crippen molar-refractivity contribution >= 4 is 5.82 Å². The third-order valence-corrected chi connectivity index (χ3v) is 3.73. The highest BCUT2D eigenvalue weighted by molar-refractivity contribution is 5.66. The van der Waals surface area contributed by atoms with Gasteiger partial charge in [-0.3, -0.25) is 4.98 Å². The van der Waals surface area contributed by atoms with Crippen LogP contribution in [0, 0.1) is 6.92 Å². The zero-order valence-electron chi connectivity index (χ0n) is 13.1. The maximum atomic E-state index is 5.75. The molecule has 0 aromatic carbocycles. The summed E-state index contributed by atoms with van der Waals surface area (Å²) in [6.45, 7) is 7.74. The van der Waals surface area contributed by atoms with Gasteiger partial charge >= 0.3 is 0 Å². The summed E-state index contributed by atoms with van der Waals surface area (Å²) in [5.74, 6) is 1.72. The van der Waals surface area contributed by atoms with Gasteiger partial charge in [-0.05, 0) is 38.1 Å². The molecule has 22 heavy (non-hydrogen) atoms. The number of anilines is 1. The van der Waals surface area contributed by atoms with Crippen molar-refractivity contribution in [2.75, 3.05) is 37.8 Å². The van der Waals surface area contributed by atoms with Gasteiger partial charge in [-0.15, -0.1) is 0 Å². The molecule has 1 saturated heterocycles. The predicted molar refractivity (Wildman–Crippen MR) is 86.4 cm³/mol. The molecule has 0 N–H and O–H groups in total. The van der Waals surface area contributed by atoms with Crippen LogP contribution in [0.1, 0.15) is 12.6 Å². The summed E-state index contributed by atoms with van der Waals surface area (Å²) in [4.78, 5) is 11.4. The van der Waals surface area contributed by atoms with Crippen LogP contribution in [0.2, 0.25) is 0 Å². The Bertz CT molecular complexity index is 640. The van der Waals surface area contributed by atoms with Gasteiger partial charge in [0, 0.05) is 30.5 Å². The van der Waals surface area contributed by atoms with E-state index in [0.717, 1.165) is 54.8 Å². The largest absolute Gasteiger partial charge is 0.490 e. The minimum Gasteiger partial charge on any atom is -0.490 e. The van der Waals surface area contributed by atoms with Crippen molar-refractivity contribution in [3.05, 3.63) is 36.2 Å². The summed E-state index contributed by atoms with van der Waals surface area (Å²) in [7, 11) is 0. The van der Waals surface area contributed by atoms with Crippen LogP contribution in [0.3, 0.4) is 0 Å². The van der Waals surface area contributed by atoms with Gasteiger partial charge in [-0.1, -0.05) is 0 Å². The number of rotatable bonds is 4. The van der Waals surface area contributed by atoms with Crippen LogP contribution >= 0.6 is 0 Å². The molecule has 116 valence electrons. The van der Waals surface area contributed by atoms with Crippen molar-refractivity contribution < 1.29 is 9.47 Å². The molecule has 5 nitrogen and oxygen atoms in total. The van der Waals surface area contributed by atoms with Gasteiger partial charge in [0.15, 0.2) is 11.6 Å². The molecule has 1 aliphatic heterocycles. The van der Waals surface area contributed by atoms with Crippen molar-refractivity contribution in [3.63, 3.8) is 0 Å². The van der Waals surface area contributed by atoms with Gasteiger partial charge in [-0.2, -0.15) is 0 Å². The molecule has 3 rings (SSSR count). The van der Waals surface area contributed by atoms with Gasteiger partial charge in [0.05, 0.1) is 25.5 Å². The monoisotopic (exact) mass is 299 g/mol. The van der Waals surface area contributed by atoms with Crippen molar-refractivity contribution in [1.29, 1.82) is 0 Å². The lowest BCUT2D eigenvalue weighted by Gasteiger charge is -2.29. The Morgan fingerprint density at radius 2 is 2.05 bits per heavy atom. The first-order valence-corrected chi connectivity index (χ1v) is 7.68. The minimum absolute atomic E-state index is 0.629. The highest BCUT2D eigenvalue weighted by Gasteiger charge is 2.18. The molecule has 0 amide bonds. The Balaban J connectivity index is 2.01. The molecule has 5 heteroatoms. The van der Waals surface area contributed by atoms with Gasteiger partial charge in [0.25, 0.3) is 0 Å². The third-order valence-electron chi connectivity index (χ3n) is 3.73. The van der Waals surface area contributed by atoms with E-state index in [1.54, 1.807) is 6.20 Å². The number of hydrogen-bond acceptors (Lipinski definition) is 5. The smallest absolute Gasteiger partial charge is 0.172 e. The van der Waals surface area contributed by atoms with Crippen LogP contribution in [-0.4, -0.2) is 42.9 Å². The highest BCUT2D eigenvalue weighted by atomic mass is 16.5. The molecule has 0 saturated carbocycles. The maximum absolute atomic E-state index is 5.75. The lowest BCUT2D eigenvalue weighted by Crippen LogP contribution is -2.37. The van der Waals surface area contributed by atoms with E-state index in [1.165, 1.54) is 0 Å². The molecule has 3 heterocycles. The number of ether oxygens (including phenoxy) is 2.